The fourth-order valence-electron chi connectivity index (χ4n) is 0.638. The number of para-hydroxylation sites is 1. The van der Waals surface area contributed by atoms with Crippen molar-refractivity contribution < 1.29 is 9.13 Å². The van der Waals surface area contributed by atoms with Crippen LogP contribution in [0.3, 0.4) is 0 Å². The van der Waals surface area contributed by atoms with Crippen molar-refractivity contribution in [2.75, 3.05) is 6.86 Å². The molecule has 0 aliphatic heterocycles. The first-order chi connectivity index (χ1) is 4.84. The largest absolute Gasteiger partial charge is 0.462 e. The Morgan fingerprint density at radius 3 is 2.70 bits per heavy atom. The molecule has 0 spiro atoms. The first kappa shape index (κ1) is 7.41. The van der Waals surface area contributed by atoms with Crippen LogP contribution in [0.5, 0.6) is 5.75 Å². The summed E-state index contributed by atoms with van der Waals surface area (Å²) in [5, 5.41) is 0. The fourth-order valence-corrected chi connectivity index (χ4v) is 0.863. The van der Waals surface area contributed by atoms with Gasteiger partial charge in [-0.1, -0.05) is 12.1 Å². The monoisotopic (exact) mass is 158 g/mol. The summed E-state index contributed by atoms with van der Waals surface area (Å²) in [6, 6.07) is 6.99. The summed E-state index contributed by atoms with van der Waals surface area (Å²) in [6.07, 6.45) is 0. The lowest BCUT2D eigenvalue weighted by atomic mass is 10.3. The van der Waals surface area contributed by atoms with Crippen LogP contribution in [0.15, 0.2) is 29.2 Å². The molecule has 0 radical (unpaired) electrons. The number of thiol groups is 1. The SMILES string of the molecule is FCOc1ccccc1S. The molecule has 1 aromatic carbocycles. The molecular weight excluding hydrogens is 151 g/mol. The standard InChI is InChI=1S/C7H7FOS/c8-5-9-6-3-1-2-4-7(6)10/h1-4,10H,5H2. The number of benzene rings is 1. The number of halogens is 1. The summed E-state index contributed by atoms with van der Waals surface area (Å²) in [7, 11) is 0. The summed E-state index contributed by atoms with van der Waals surface area (Å²) in [5.74, 6) is 0.480. The van der Waals surface area contributed by atoms with Gasteiger partial charge in [-0.05, 0) is 12.1 Å². The third-order valence-electron chi connectivity index (χ3n) is 1.08. The van der Waals surface area contributed by atoms with Crippen LogP contribution in [0.25, 0.3) is 0 Å². The first-order valence-corrected chi connectivity index (χ1v) is 3.26. The summed E-state index contributed by atoms with van der Waals surface area (Å²) < 4.78 is 16.2. The Hall–Kier alpha value is -0.700. The molecule has 0 aromatic heterocycles. The van der Waals surface area contributed by atoms with Crippen LogP contribution in [-0.2, 0) is 0 Å². The van der Waals surface area contributed by atoms with Crippen molar-refractivity contribution in [3.63, 3.8) is 0 Å². The Morgan fingerprint density at radius 1 is 1.40 bits per heavy atom. The lowest BCUT2D eigenvalue weighted by Crippen LogP contribution is -1.89. The first-order valence-electron chi connectivity index (χ1n) is 2.81. The van der Waals surface area contributed by atoms with Gasteiger partial charge in [0, 0.05) is 4.90 Å². The molecule has 1 nitrogen and oxygen atoms in total. The molecule has 0 bridgehead atoms. The number of hydrogen-bond donors (Lipinski definition) is 1. The van der Waals surface area contributed by atoms with E-state index in [0.29, 0.717) is 10.6 Å². The van der Waals surface area contributed by atoms with Gasteiger partial charge in [-0.3, -0.25) is 0 Å². The second-order valence-electron chi connectivity index (χ2n) is 1.72. The van der Waals surface area contributed by atoms with E-state index < -0.39 is 6.86 Å². The van der Waals surface area contributed by atoms with Crippen LogP contribution in [0, 0.1) is 0 Å². The van der Waals surface area contributed by atoms with Crippen LogP contribution in [0.4, 0.5) is 4.39 Å². The lowest BCUT2D eigenvalue weighted by molar-refractivity contribution is 0.187. The molecule has 0 heterocycles. The maximum Gasteiger partial charge on any atom is 0.228 e. The number of hydrogen-bond acceptors (Lipinski definition) is 2. The minimum Gasteiger partial charge on any atom is -0.462 e. The van der Waals surface area contributed by atoms with E-state index in [0.717, 1.165) is 0 Å². The predicted octanol–water partition coefficient (Wildman–Crippen LogP) is 2.28. The van der Waals surface area contributed by atoms with Gasteiger partial charge in [-0.2, -0.15) is 0 Å². The molecule has 0 saturated heterocycles. The van der Waals surface area contributed by atoms with E-state index in [1.807, 2.05) is 6.07 Å². The zero-order valence-electron chi connectivity index (χ0n) is 5.25. The van der Waals surface area contributed by atoms with Crippen molar-refractivity contribution in [2.24, 2.45) is 0 Å². The predicted molar refractivity (Wildman–Crippen MR) is 40.3 cm³/mol. The quantitative estimate of drug-likeness (QED) is 0.649. The van der Waals surface area contributed by atoms with Crippen LogP contribution >= 0.6 is 12.6 Å². The average Bonchev–Trinajstić information content (AvgIpc) is 1.94. The van der Waals surface area contributed by atoms with E-state index in [-0.39, 0.29) is 0 Å². The Bertz CT molecular complexity index is 215. The van der Waals surface area contributed by atoms with Crippen molar-refractivity contribution in [1.82, 2.24) is 0 Å². The molecule has 1 rings (SSSR count). The van der Waals surface area contributed by atoms with Crippen molar-refractivity contribution in [3.05, 3.63) is 24.3 Å². The molecule has 0 N–H and O–H groups in total. The lowest BCUT2D eigenvalue weighted by Gasteiger charge is -2.01. The van der Waals surface area contributed by atoms with Gasteiger partial charge in [0.2, 0.25) is 6.86 Å². The zero-order valence-corrected chi connectivity index (χ0v) is 6.14. The van der Waals surface area contributed by atoms with Crippen LogP contribution in [0.2, 0.25) is 0 Å². The molecule has 0 atom stereocenters. The summed E-state index contributed by atoms with van der Waals surface area (Å²) >= 11 is 4.04. The summed E-state index contributed by atoms with van der Waals surface area (Å²) in [4.78, 5) is 0.653. The normalized spacial score (nSPS) is 9.40. The second-order valence-corrected chi connectivity index (χ2v) is 2.20. The molecule has 10 heavy (non-hydrogen) atoms. The molecule has 0 saturated carbocycles. The summed E-state index contributed by atoms with van der Waals surface area (Å²) in [6.45, 7) is -0.808. The third-order valence-corrected chi connectivity index (χ3v) is 1.44. The highest BCUT2D eigenvalue weighted by molar-refractivity contribution is 7.80. The molecule has 3 heteroatoms. The van der Waals surface area contributed by atoms with E-state index in [1.165, 1.54) is 0 Å². The van der Waals surface area contributed by atoms with Crippen molar-refractivity contribution in [2.45, 2.75) is 4.90 Å². The van der Waals surface area contributed by atoms with Crippen molar-refractivity contribution >= 4 is 12.6 Å². The molecule has 0 fully saturated rings. The molecule has 0 aliphatic carbocycles. The van der Waals surface area contributed by atoms with E-state index in [1.54, 1.807) is 18.2 Å². The number of ether oxygens (including phenoxy) is 1. The fraction of sp³-hybridized carbons (Fsp3) is 0.143. The van der Waals surface area contributed by atoms with Gasteiger partial charge in [0.25, 0.3) is 0 Å². The van der Waals surface area contributed by atoms with Gasteiger partial charge in [0.15, 0.2) is 0 Å². The second kappa shape index (κ2) is 3.46. The van der Waals surface area contributed by atoms with E-state index in [2.05, 4.69) is 17.4 Å². The van der Waals surface area contributed by atoms with Crippen LogP contribution in [0.1, 0.15) is 0 Å². The van der Waals surface area contributed by atoms with Crippen molar-refractivity contribution in [1.29, 1.82) is 0 Å². The molecule has 1 aromatic rings. The molecule has 0 unspecified atom stereocenters. The molecular formula is C7H7FOS. The van der Waals surface area contributed by atoms with Crippen LogP contribution in [-0.4, -0.2) is 6.86 Å². The molecule has 0 amide bonds. The molecule has 0 aliphatic rings. The van der Waals surface area contributed by atoms with Gasteiger partial charge >= 0.3 is 0 Å². The minimum absolute atomic E-state index is 0.480. The Morgan fingerprint density at radius 2 is 2.10 bits per heavy atom. The number of rotatable bonds is 2. The van der Waals surface area contributed by atoms with Crippen molar-refractivity contribution in [3.8, 4) is 5.75 Å². The third kappa shape index (κ3) is 1.64. The van der Waals surface area contributed by atoms with Gasteiger partial charge < -0.3 is 4.74 Å². The van der Waals surface area contributed by atoms with E-state index in [9.17, 15) is 4.39 Å². The van der Waals surface area contributed by atoms with Gasteiger partial charge in [-0.25, -0.2) is 4.39 Å². The van der Waals surface area contributed by atoms with E-state index >= 15 is 0 Å². The Balaban J connectivity index is 2.81. The highest BCUT2D eigenvalue weighted by atomic mass is 32.1. The van der Waals surface area contributed by atoms with Crippen LogP contribution < -0.4 is 4.74 Å². The maximum atomic E-state index is 11.6. The maximum absolute atomic E-state index is 11.6. The van der Waals surface area contributed by atoms with Gasteiger partial charge in [0.05, 0.1) is 0 Å². The smallest absolute Gasteiger partial charge is 0.228 e. The number of alkyl halides is 1. The Kier molecular flexibility index (Phi) is 2.57. The average molecular weight is 158 g/mol. The Labute approximate surface area is 64.2 Å². The summed E-state index contributed by atoms with van der Waals surface area (Å²) in [5.41, 5.74) is 0. The minimum atomic E-state index is -0.808. The topological polar surface area (TPSA) is 9.23 Å². The van der Waals surface area contributed by atoms with Gasteiger partial charge in [0.1, 0.15) is 5.75 Å². The van der Waals surface area contributed by atoms with E-state index in [4.69, 9.17) is 0 Å². The van der Waals surface area contributed by atoms with Gasteiger partial charge in [-0.15, -0.1) is 12.6 Å². The highest BCUT2D eigenvalue weighted by Crippen LogP contribution is 2.20. The zero-order chi connectivity index (χ0) is 7.40. The molecule has 54 valence electrons. The highest BCUT2D eigenvalue weighted by Gasteiger charge is 1.95.